The van der Waals surface area contributed by atoms with Crippen molar-refractivity contribution < 1.29 is 24.2 Å². The number of aliphatic carboxylic acids is 1. The van der Waals surface area contributed by atoms with E-state index >= 15 is 0 Å². The molecular formula is C17H23NO5. The summed E-state index contributed by atoms with van der Waals surface area (Å²) < 4.78 is 5.24. The number of nitrogens with one attached hydrogen (secondary N) is 1. The minimum absolute atomic E-state index is 0.0259. The molecule has 0 saturated carbocycles. The second-order valence-corrected chi connectivity index (χ2v) is 6.36. The van der Waals surface area contributed by atoms with Crippen LogP contribution in [0, 0.1) is 6.92 Å². The number of rotatable bonds is 6. The third kappa shape index (κ3) is 6.95. The van der Waals surface area contributed by atoms with Crippen molar-refractivity contribution in [3.05, 3.63) is 35.4 Å². The van der Waals surface area contributed by atoms with Crippen LogP contribution >= 0.6 is 0 Å². The van der Waals surface area contributed by atoms with E-state index in [-0.39, 0.29) is 12.8 Å². The van der Waals surface area contributed by atoms with Crippen LogP contribution in [0.4, 0.5) is 0 Å². The first-order valence-electron chi connectivity index (χ1n) is 7.40. The van der Waals surface area contributed by atoms with Gasteiger partial charge in [-0.1, -0.05) is 17.7 Å². The summed E-state index contributed by atoms with van der Waals surface area (Å²) in [6.45, 7) is 7.03. The number of hydrogen-bond donors (Lipinski definition) is 2. The van der Waals surface area contributed by atoms with Gasteiger partial charge in [-0.25, -0.2) is 4.79 Å². The average Bonchev–Trinajstić information content (AvgIpc) is 2.41. The number of esters is 1. The normalized spacial score (nSPS) is 12.3. The lowest BCUT2D eigenvalue weighted by Gasteiger charge is -2.24. The van der Waals surface area contributed by atoms with Gasteiger partial charge in [0.15, 0.2) is 0 Å². The van der Waals surface area contributed by atoms with Gasteiger partial charge in [0.2, 0.25) is 0 Å². The van der Waals surface area contributed by atoms with Crippen LogP contribution in [0.25, 0.3) is 0 Å². The van der Waals surface area contributed by atoms with Crippen molar-refractivity contribution in [2.24, 2.45) is 0 Å². The molecule has 1 amide bonds. The number of amides is 1. The minimum Gasteiger partial charge on any atom is -0.481 e. The van der Waals surface area contributed by atoms with Crippen LogP contribution in [-0.2, 0) is 14.3 Å². The molecule has 0 bridgehead atoms. The topological polar surface area (TPSA) is 92.7 Å². The van der Waals surface area contributed by atoms with Gasteiger partial charge in [-0.3, -0.25) is 9.59 Å². The molecule has 0 saturated heterocycles. The third-order valence-corrected chi connectivity index (χ3v) is 2.96. The van der Waals surface area contributed by atoms with E-state index in [4.69, 9.17) is 9.84 Å². The fourth-order valence-electron chi connectivity index (χ4n) is 1.84. The number of carbonyl (C=O) groups excluding carboxylic acids is 2. The second kappa shape index (κ2) is 7.76. The molecule has 1 unspecified atom stereocenters. The number of ether oxygens (including phenoxy) is 1. The Hall–Kier alpha value is -2.37. The number of carboxylic acids is 1. The van der Waals surface area contributed by atoms with Crippen molar-refractivity contribution in [1.82, 2.24) is 5.32 Å². The molecule has 0 heterocycles. The van der Waals surface area contributed by atoms with E-state index in [0.717, 1.165) is 5.56 Å². The predicted octanol–water partition coefficient (Wildman–Crippen LogP) is 2.30. The van der Waals surface area contributed by atoms with Gasteiger partial charge in [0, 0.05) is 12.0 Å². The van der Waals surface area contributed by atoms with Gasteiger partial charge >= 0.3 is 11.9 Å². The second-order valence-electron chi connectivity index (χ2n) is 6.36. The molecule has 1 rings (SSSR count). The molecule has 2 N–H and O–H groups in total. The standard InChI is InChI=1S/C17H23NO5/c1-11-5-7-12(8-6-11)15(21)18-13(9-10-14(19)20)16(22)23-17(2,3)4/h5-8,13H,9-10H2,1-4H3,(H,18,21)(H,19,20). The molecule has 0 aliphatic rings. The first-order valence-corrected chi connectivity index (χ1v) is 7.40. The molecule has 1 atom stereocenters. The van der Waals surface area contributed by atoms with Crippen LogP contribution in [0.3, 0.4) is 0 Å². The predicted molar refractivity (Wildman–Crippen MR) is 85.1 cm³/mol. The van der Waals surface area contributed by atoms with Crippen LogP contribution < -0.4 is 5.32 Å². The number of carboxylic acid groups (broad SMARTS) is 1. The molecule has 0 radical (unpaired) electrons. The highest BCUT2D eigenvalue weighted by molar-refractivity contribution is 5.96. The molecular weight excluding hydrogens is 298 g/mol. The Morgan fingerprint density at radius 3 is 2.22 bits per heavy atom. The maximum atomic E-state index is 12.2. The van der Waals surface area contributed by atoms with Crippen molar-refractivity contribution in [2.45, 2.75) is 52.2 Å². The van der Waals surface area contributed by atoms with E-state index in [2.05, 4.69) is 5.32 Å². The quantitative estimate of drug-likeness (QED) is 0.784. The summed E-state index contributed by atoms with van der Waals surface area (Å²) in [5.41, 5.74) is 0.697. The van der Waals surface area contributed by atoms with Crippen LogP contribution in [-0.4, -0.2) is 34.6 Å². The summed E-state index contributed by atoms with van der Waals surface area (Å²) in [5.74, 6) is -2.12. The number of hydrogen-bond acceptors (Lipinski definition) is 4. The summed E-state index contributed by atoms with van der Waals surface area (Å²) in [4.78, 5) is 35.1. The van der Waals surface area contributed by atoms with Gasteiger partial charge in [-0.15, -0.1) is 0 Å². The molecule has 23 heavy (non-hydrogen) atoms. The molecule has 0 aliphatic carbocycles. The van der Waals surface area contributed by atoms with Crippen LogP contribution in [0.2, 0.25) is 0 Å². The minimum atomic E-state index is -1.04. The molecule has 0 aliphatic heterocycles. The van der Waals surface area contributed by atoms with Gasteiger partial charge in [0.25, 0.3) is 5.91 Å². The summed E-state index contributed by atoms with van der Waals surface area (Å²) >= 11 is 0. The molecule has 1 aromatic carbocycles. The van der Waals surface area contributed by atoms with E-state index in [9.17, 15) is 14.4 Å². The lowest BCUT2D eigenvalue weighted by Crippen LogP contribution is -2.44. The highest BCUT2D eigenvalue weighted by Gasteiger charge is 2.27. The van der Waals surface area contributed by atoms with Crippen LogP contribution in [0.1, 0.15) is 49.5 Å². The molecule has 1 aromatic rings. The number of aryl methyl sites for hydroxylation is 1. The zero-order valence-electron chi connectivity index (χ0n) is 13.9. The fourth-order valence-corrected chi connectivity index (χ4v) is 1.84. The zero-order valence-corrected chi connectivity index (χ0v) is 13.9. The van der Waals surface area contributed by atoms with Crippen LogP contribution in [0.5, 0.6) is 0 Å². The number of carbonyl (C=O) groups is 3. The van der Waals surface area contributed by atoms with E-state index in [1.807, 2.05) is 6.92 Å². The van der Waals surface area contributed by atoms with E-state index in [1.54, 1.807) is 45.0 Å². The zero-order chi connectivity index (χ0) is 17.6. The Bertz CT molecular complexity index is 572. The smallest absolute Gasteiger partial charge is 0.329 e. The largest absolute Gasteiger partial charge is 0.481 e. The molecule has 126 valence electrons. The van der Waals surface area contributed by atoms with Gasteiger partial charge in [-0.2, -0.15) is 0 Å². The fraction of sp³-hybridized carbons (Fsp3) is 0.471. The van der Waals surface area contributed by atoms with Crippen molar-refractivity contribution in [1.29, 1.82) is 0 Å². The third-order valence-electron chi connectivity index (χ3n) is 2.96. The lowest BCUT2D eigenvalue weighted by molar-refractivity contribution is -0.157. The maximum Gasteiger partial charge on any atom is 0.329 e. The monoisotopic (exact) mass is 321 g/mol. The SMILES string of the molecule is Cc1ccc(C(=O)NC(CCC(=O)O)C(=O)OC(C)(C)C)cc1. The van der Waals surface area contributed by atoms with E-state index < -0.39 is 29.5 Å². The molecule has 0 fully saturated rings. The molecule has 6 nitrogen and oxygen atoms in total. The van der Waals surface area contributed by atoms with E-state index in [0.29, 0.717) is 5.56 Å². The van der Waals surface area contributed by atoms with Crippen molar-refractivity contribution >= 4 is 17.8 Å². The van der Waals surface area contributed by atoms with Crippen LogP contribution in [0.15, 0.2) is 24.3 Å². The maximum absolute atomic E-state index is 12.2. The van der Waals surface area contributed by atoms with E-state index in [1.165, 1.54) is 0 Å². The Morgan fingerprint density at radius 2 is 1.74 bits per heavy atom. The summed E-state index contributed by atoms with van der Waals surface area (Å²) in [6.07, 6.45) is -0.264. The first kappa shape index (κ1) is 18.7. The first-order chi connectivity index (χ1) is 10.6. The van der Waals surface area contributed by atoms with Gasteiger partial charge in [0.05, 0.1) is 0 Å². The highest BCUT2D eigenvalue weighted by atomic mass is 16.6. The highest BCUT2D eigenvalue weighted by Crippen LogP contribution is 2.12. The van der Waals surface area contributed by atoms with Crippen molar-refractivity contribution in [2.75, 3.05) is 0 Å². The van der Waals surface area contributed by atoms with Gasteiger partial charge in [-0.05, 0) is 46.2 Å². The van der Waals surface area contributed by atoms with Crippen molar-refractivity contribution in [3.63, 3.8) is 0 Å². The Morgan fingerprint density at radius 1 is 1.17 bits per heavy atom. The molecule has 0 aromatic heterocycles. The summed E-state index contributed by atoms with van der Waals surface area (Å²) in [7, 11) is 0. The van der Waals surface area contributed by atoms with Gasteiger partial charge in [0.1, 0.15) is 11.6 Å². The number of benzene rings is 1. The summed E-state index contributed by atoms with van der Waals surface area (Å²) in [5, 5.41) is 11.3. The van der Waals surface area contributed by atoms with Gasteiger partial charge < -0.3 is 15.2 Å². The van der Waals surface area contributed by atoms with Crippen molar-refractivity contribution in [3.8, 4) is 0 Å². The summed E-state index contributed by atoms with van der Waals surface area (Å²) in [6, 6.07) is 5.87. The Labute approximate surface area is 135 Å². The Balaban J connectivity index is 2.82. The molecule has 6 heteroatoms. The average molecular weight is 321 g/mol. The molecule has 0 spiro atoms. The Kier molecular flexibility index (Phi) is 6.30. The lowest BCUT2D eigenvalue weighted by atomic mass is 10.1.